The van der Waals surface area contributed by atoms with Gasteiger partial charge in [-0.15, -0.1) is 0 Å². The SMILES string of the molecule is O=P([O-])([O-])[O-].[Mg+2].[Mg+2].[Mg+2].[Zn+2]. The van der Waals surface area contributed by atoms with Crippen LogP contribution in [0, 0.1) is 0 Å². The molecule has 0 aliphatic heterocycles. The van der Waals surface area contributed by atoms with Crippen molar-refractivity contribution in [3.63, 3.8) is 0 Å². The van der Waals surface area contributed by atoms with E-state index in [-0.39, 0.29) is 88.6 Å². The maximum absolute atomic E-state index is 8.55. The minimum atomic E-state index is -5.39. The first-order valence-corrected chi connectivity index (χ1v) is 2.19. The van der Waals surface area contributed by atoms with Gasteiger partial charge >= 0.3 is 88.6 Å². The van der Waals surface area contributed by atoms with Gasteiger partial charge in [0.1, 0.15) is 0 Å². The molecule has 0 bridgehead atoms. The summed E-state index contributed by atoms with van der Waals surface area (Å²) in [7, 11) is -5.39. The molecule has 0 unspecified atom stereocenters. The van der Waals surface area contributed by atoms with Gasteiger partial charge in [0.2, 0.25) is 0 Å². The molecule has 4 nitrogen and oxygen atoms in total. The summed E-state index contributed by atoms with van der Waals surface area (Å²) >= 11 is 0. The van der Waals surface area contributed by atoms with Gasteiger partial charge < -0.3 is 19.2 Å². The van der Waals surface area contributed by atoms with Crippen molar-refractivity contribution < 1.29 is 38.7 Å². The molecule has 0 fully saturated rings. The van der Waals surface area contributed by atoms with Crippen LogP contribution in [-0.4, -0.2) is 69.2 Å². The van der Waals surface area contributed by atoms with Crippen LogP contribution in [0.15, 0.2) is 0 Å². The largest absolute Gasteiger partial charge is 2.00 e. The van der Waals surface area contributed by atoms with Crippen LogP contribution in [0.1, 0.15) is 0 Å². The van der Waals surface area contributed by atoms with Crippen LogP contribution >= 0.6 is 7.82 Å². The van der Waals surface area contributed by atoms with Crippen molar-refractivity contribution in [3.8, 4) is 0 Å². The summed E-state index contributed by atoms with van der Waals surface area (Å²) in [4.78, 5) is 25.6. The Kier molecular flexibility index (Phi) is 44.8. The molecule has 0 heterocycles. The molecule has 9 heavy (non-hydrogen) atoms. The monoisotopic (exact) mass is 231 g/mol. The molecule has 0 saturated carbocycles. The summed E-state index contributed by atoms with van der Waals surface area (Å²) in [6.45, 7) is 0. The summed E-state index contributed by atoms with van der Waals surface area (Å²) < 4.78 is 8.55. The van der Waals surface area contributed by atoms with E-state index in [2.05, 4.69) is 0 Å². The van der Waals surface area contributed by atoms with Crippen molar-refractivity contribution in [3.05, 3.63) is 0 Å². The molecule has 0 aromatic heterocycles. The van der Waals surface area contributed by atoms with E-state index >= 15 is 0 Å². The van der Waals surface area contributed by atoms with Gasteiger partial charge in [-0.05, 0) is 0 Å². The van der Waals surface area contributed by atoms with Gasteiger partial charge in [-0.3, -0.25) is 0 Å². The minimum absolute atomic E-state index is 0. The van der Waals surface area contributed by atoms with E-state index in [4.69, 9.17) is 19.2 Å². The second kappa shape index (κ2) is 13.6. The fourth-order valence-corrected chi connectivity index (χ4v) is 0. The molecule has 0 aromatic rings. The van der Waals surface area contributed by atoms with E-state index in [1.54, 1.807) is 0 Å². The van der Waals surface area contributed by atoms with Gasteiger partial charge in [0.25, 0.3) is 0 Å². The zero-order valence-electron chi connectivity index (χ0n) is 4.91. The van der Waals surface area contributed by atoms with Crippen molar-refractivity contribution in [1.29, 1.82) is 0 Å². The molecule has 0 spiro atoms. The summed E-state index contributed by atoms with van der Waals surface area (Å²) in [6.07, 6.45) is 0. The molecule has 0 saturated heterocycles. The Morgan fingerprint density at radius 3 is 0.889 bits per heavy atom. The Morgan fingerprint density at radius 2 is 0.889 bits per heavy atom. The summed E-state index contributed by atoms with van der Waals surface area (Å²) in [6, 6.07) is 0. The van der Waals surface area contributed by atoms with Crippen LogP contribution in [0.5, 0.6) is 0 Å². The molecule has 9 heteroatoms. The fourth-order valence-electron chi connectivity index (χ4n) is 0. The quantitative estimate of drug-likeness (QED) is 0.315. The zero-order valence-corrected chi connectivity index (χ0v) is 13.0. The average Bonchev–Trinajstić information content (AvgIpc) is 0.722. The molecule has 0 radical (unpaired) electrons. The molecule has 0 aliphatic rings. The van der Waals surface area contributed by atoms with Crippen LogP contribution in [0.4, 0.5) is 0 Å². The third-order valence-electron chi connectivity index (χ3n) is 0. The maximum atomic E-state index is 8.55. The molecule has 0 atom stereocenters. The molecular formula is Mg3O4PZn+5. The second-order valence-corrected chi connectivity index (χ2v) is 1.34. The van der Waals surface area contributed by atoms with E-state index < -0.39 is 7.82 Å². The molecular weight excluding hydrogens is 233 g/mol. The van der Waals surface area contributed by atoms with Crippen LogP contribution in [0.25, 0.3) is 0 Å². The normalized spacial score (nSPS) is 6.56. The molecule has 0 aliphatic carbocycles. The summed E-state index contributed by atoms with van der Waals surface area (Å²) in [5, 5.41) is 0. The maximum Gasteiger partial charge on any atom is 2.00 e. The predicted octanol–water partition coefficient (Wildman–Crippen LogP) is -3.97. The fraction of sp³-hybridized carbons (Fsp3) is 0. The van der Waals surface area contributed by atoms with E-state index in [9.17, 15) is 0 Å². The van der Waals surface area contributed by atoms with Crippen molar-refractivity contribution >= 4 is 77.0 Å². The van der Waals surface area contributed by atoms with E-state index in [1.165, 1.54) is 0 Å². The van der Waals surface area contributed by atoms with Crippen LogP contribution in [0.3, 0.4) is 0 Å². The van der Waals surface area contributed by atoms with Gasteiger partial charge in [0.15, 0.2) is 0 Å². The van der Waals surface area contributed by atoms with Crippen LogP contribution in [-0.2, 0) is 24.0 Å². The topological polar surface area (TPSA) is 86.2 Å². The summed E-state index contributed by atoms with van der Waals surface area (Å²) in [5.41, 5.74) is 0. The van der Waals surface area contributed by atoms with Crippen LogP contribution in [0.2, 0.25) is 0 Å². The Balaban J connectivity index is -0.0000000133. The van der Waals surface area contributed by atoms with Gasteiger partial charge in [0, 0.05) is 0 Å². The van der Waals surface area contributed by atoms with Crippen molar-refractivity contribution in [2.45, 2.75) is 0 Å². The van der Waals surface area contributed by atoms with Gasteiger partial charge in [0.05, 0.1) is 0 Å². The smallest absolute Gasteiger partial charge is 0.822 e. The van der Waals surface area contributed by atoms with Crippen LogP contribution < -0.4 is 14.7 Å². The Bertz CT molecular complexity index is 61.9. The number of hydrogen-bond acceptors (Lipinski definition) is 4. The zero-order chi connectivity index (χ0) is 4.50. The van der Waals surface area contributed by atoms with Crippen molar-refractivity contribution in [2.75, 3.05) is 0 Å². The Labute approximate surface area is 114 Å². The Morgan fingerprint density at radius 1 is 0.889 bits per heavy atom. The first-order valence-electron chi connectivity index (χ1n) is 0.730. The van der Waals surface area contributed by atoms with E-state index in [0.717, 1.165) is 0 Å². The average molecular weight is 233 g/mol. The van der Waals surface area contributed by atoms with Gasteiger partial charge in [-0.25, -0.2) is 0 Å². The molecule has 0 aromatic carbocycles. The van der Waals surface area contributed by atoms with Gasteiger partial charge in [-0.2, -0.15) is 7.82 Å². The van der Waals surface area contributed by atoms with E-state index in [1.807, 2.05) is 0 Å². The molecule has 0 rings (SSSR count). The molecule has 32 valence electrons. The van der Waals surface area contributed by atoms with Crippen molar-refractivity contribution in [1.82, 2.24) is 0 Å². The second-order valence-electron chi connectivity index (χ2n) is 0.447. The summed E-state index contributed by atoms with van der Waals surface area (Å²) in [5.74, 6) is 0. The molecule has 0 N–H and O–H groups in total. The first-order chi connectivity index (χ1) is 2.00. The van der Waals surface area contributed by atoms with Gasteiger partial charge in [-0.1, -0.05) is 0 Å². The van der Waals surface area contributed by atoms with Crippen molar-refractivity contribution in [2.24, 2.45) is 0 Å². The third-order valence-corrected chi connectivity index (χ3v) is 0. The number of phosphoric acid groups is 1. The first kappa shape index (κ1) is 29.6. The van der Waals surface area contributed by atoms with E-state index in [0.29, 0.717) is 0 Å². The Hall–Kier alpha value is 3.03. The predicted molar refractivity (Wildman–Crippen MR) is 24.9 cm³/mol. The third kappa shape index (κ3) is 97.9. The number of rotatable bonds is 0. The number of hydrogen-bond donors (Lipinski definition) is 0. The molecule has 0 amide bonds. The standard InChI is InChI=1S/3Mg.H3O4P.Zn/c;;;1-5(2,3)4;/h;;;(H3,1,2,3,4);/q3*+2;;+2/p-3. The minimum Gasteiger partial charge on any atom is -0.822 e.